The molecule has 0 heterocycles. The van der Waals surface area contributed by atoms with Crippen molar-refractivity contribution >= 4 is 43.7 Å². The quantitative estimate of drug-likeness (QED) is 0.331. The fourth-order valence-corrected chi connectivity index (χ4v) is 3.46. The number of nitrogens with one attached hydrogen (secondary N) is 2. The minimum atomic E-state index is -0.471. The van der Waals surface area contributed by atoms with E-state index in [1.165, 1.54) is 5.56 Å². The van der Waals surface area contributed by atoms with Crippen LogP contribution in [0.3, 0.4) is 0 Å². The molecule has 30 heavy (non-hydrogen) atoms. The van der Waals surface area contributed by atoms with E-state index in [1.54, 1.807) is 18.2 Å². The molecule has 2 aromatic carbocycles. The van der Waals surface area contributed by atoms with E-state index in [4.69, 9.17) is 9.47 Å². The maximum absolute atomic E-state index is 12.3. The van der Waals surface area contributed by atoms with Gasteiger partial charge in [-0.15, -0.1) is 0 Å². The second-order valence-corrected chi connectivity index (χ2v) is 8.69. The summed E-state index contributed by atoms with van der Waals surface area (Å²) in [6, 6.07) is 10.7. The summed E-state index contributed by atoms with van der Waals surface area (Å²) in [6.07, 6.45) is 2.00. The maximum atomic E-state index is 12.3. The van der Waals surface area contributed by atoms with Crippen LogP contribution in [-0.4, -0.2) is 25.0 Å². The van der Waals surface area contributed by atoms with Gasteiger partial charge in [0.05, 0.1) is 15.6 Å². The molecule has 0 aromatic heterocycles. The molecule has 2 amide bonds. The van der Waals surface area contributed by atoms with E-state index >= 15 is 0 Å². The molecular weight excluding hydrogens is 516 g/mol. The minimum Gasteiger partial charge on any atom is -0.492 e. The average molecular weight is 542 g/mol. The maximum Gasteiger partial charge on any atom is 0.276 e. The van der Waals surface area contributed by atoms with Crippen LogP contribution < -0.4 is 20.3 Å². The van der Waals surface area contributed by atoms with Gasteiger partial charge in [0.15, 0.2) is 6.61 Å². The highest BCUT2D eigenvalue weighted by atomic mass is 79.9. The van der Waals surface area contributed by atoms with Gasteiger partial charge in [-0.2, -0.15) is 0 Å². The van der Waals surface area contributed by atoms with Gasteiger partial charge in [0.2, 0.25) is 0 Å². The minimum absolute atomic E-state index is 0.228. The SMILES string of the molecule is CCCCOc1ccc(C(=O)NNC(=O)COc2ccc(C(C)C)cc2Br)cc1Br. The monoisotopic (exact) mass is 540 g/mol. The van der Waals surface area contributed by atoms with Crippen LogP contribution in [0.4, 0.5) is 0 Å². The summed E-state index contributed by atoms with van der Waals surface area (Å²) in [5.41, 5.74) is 6.28. The van der Waals surface area contributed by atoms with E-state index in [0.29, 0.717) is 34.1 Å². The normalized spacial score (nSPS) is 10.6. The van der Waals surface area contributed by atoms with E-state index in [-0.39, 0.29) is 6.61 Å². The molecule has 0 bridgehead atoms. The fourth-order valence-electron chi connectivity index (χ4n) is 2.46. The lowest BCUT2D eigenvalue weighted by molar-refractivity contribution is -0.123. The molecule has 0 atom stereocenters. The van der Waals surface area contributed by atoms with E-state index in [9.17, 15) is 9.59 Å². The summed E-state index contributed by atoms with van der Waals surface area (Å²) in [7, 11) is 0. The average Bonchev–Trinajstić information content (AvgIpc) is 2.72. The predicted octanol–water partition coefficient (Wildman–Crippen LogP) is 5.35. The van der Waals surface area contributed by atoms with Gasteiger partial charge in [-0.25, -0.2) is 0 Å². The van der Waals surface area contributed by atoms with Crippen molar-refractivity contribution < 1.29 is 19.1 Å². The molecular formula is C22H26Br2N2O4. The first-order valence-electron chi connectivity index (χ1n) is 9.75. The number of hydrazine groups is 1. The standard InChI is InChI=1S/C22H26Br2N2O4/c1-4-5-10-29-19-9-7-16(12-18(19)24)22(28)26-25-21(27)13-30-20-8-6-15(14(2)3)11-17(20)23/h6-9,11-12,14H,4-5,10,13H2,1-3H3,(H,25,27)(H,26,28). The zero-order valence-electron chi connectivity index (χ0n) is 17.3. The second kappa shape index (κ2) is 12.0. The van der Waals surface area contributed by atoms with Gasteiger partial charge in [-0.3, -0.25) is 20.4 Å². The third kappa shape index (κ3) is 7.32. The van der Waals surface area contributed by atoms with Gasteiger partial charge < -0.3 is 9.47 Å². The third-order valence-corrected chi connectivity index (χ3v) is 5.49. The van der Waals surface area contributed by atoms with Gasteiger partial charge in [0.1, 0.15) is 11.5 Å². The van der Waals surface area contributed by atoms with Crippen LogP contribution in [-0.2, 0) is 4.79 Å². The molecule has 0 spiro atoms. The lowest BCUT2D eigenvalue weighted by atomic mass is 10.0. The van der Waals surface area contributed by atoms with Crippen molar-refractivity contribution in [2.45, 2.75) is 39.5 Å². The third-order valence-electron chi connectivity index (χ3n) is 4.25. The van der Waals surface area contributed by atoms with Crippen molar-refractivity contribution in [2.75, 3.05) is 13.2 Å². The van der Waals surface area contributed by atoms with Crippen LogP contribution in [0.25, 0.3) is 0 Å². The molecule has 162 valence electrons. The Bertz CT molecular complexity index is 887. The number of carbonyl (C=O) groups excluding carboxylic acids is 2. The molecule has 0 radical (unpaired) electrons. The Hall–Kier alpha value is -2.06. The number of ether oxygens (including phenoxy) is 2. The van der Waals surface area contributed by atoms with E-state index in [2.05, 4.69) is 63.5 Å². The number of unbranched alkanes of at least 4 members (excludes halogenated alkanes) is 1. The highest BCUT2D eigenvalue weighted by Gasteiger charge is 2.12. The van der Waals surface area contributed by atoms with Gasteiger partial charge in [-0.05, 0) is 80.1 Å². The first-order chi connectivity index (χ1) is 14.3. The van der Waals surface area contributed by atoms with Crippen molar-refractivity contribution in [3.8, 4) is 11.5 Å². The molecule has 0 unspecified atom stereocenters. The molecule has 0 aliphatic carbocycles. The Balaban J connectivity index is 1.83. The lowest BCUT2D eigenvalue weighted by Crippen LogP contribution is -2.43. The van der Waals surface area contributed by atoms with Gasteiger partial charge >= 0.3 is 0 Å². The summed E-state index contributed by atoms with van der Waals surface area (Å²) in [5.74, 6) is 0.717. The Labute approximate surface area is 193 Å². The van der Waals surface area contributed by atoms with E-state index < -0.39 is 11.8 Å². The number of hydrogen-bond acceptors (Lipinski definition) is 4. The highest BCUT2D eigenvalue weighted by Crippen LogP contribution is 2.29. The topological polar surface area (TPSA) is 76.7 Å². The van der Waals surface area contributed by atoms with Gasteiger partial charge in [0.25, 0.3) is 11.8 Å². The first-order valence-corrected chi connectivity index (χ1v) is 11.3. The molecule has 2 N–H and O–H groups in total. The van der Waals surface area contributed by atoms with Crippen molar-refractivity contribution in [2.24, 2.45) is 0 Å². The first kappa shape index (κ1) is 24.2. The summed E-state index contributed by atoms with van der Waals surface area (Å²) in [4.78, 5) is 24.3. The summed E-state index contributed by atoms with van der Waals surface area (Å²) < 4.78 is 12.6. The molecule has 2 aromatic rings. The molecule has 0 fully saturated rings. The predicted molar refractivity (Wildman–Crippen MR) is 124 cm³/mol. The number of benzene rings is 2. The summed E-state index contributed by atoms with van der Waals surface area (Å²) >= 11 is 6.85. The number of rotatable bonds is 9. The number of hydrogen-bond donors (Lipinski definition) is 2. The number of carbonyl (C=O) groups is 2. The van der Waals surface area contributed by atoms with Crippen molar-refractivity contribution in [1.29, 1.82) is 0 Å². The molecule has 8 heteroatoms. The summed E-state index contributed by atoms with van der Waals surface area (Å²) in [6.45, 7) is 6.68. The van der Waals surface area contributed by atoms with E-state index in [1.807, 2.05) is 18.2 Å². The van der Waals surface area contributed by atoms with E-state index in [0.717, 1.165) is 17.3 Å². The number of amides is 2. The van der Waals surface area contributed by atoms with Crippen LogP contribution in [0, 0.1) is 0 Å². The number of halogens is 2. The van der Waals surface area contributed by atoms with Crippen LogP contribution in [0.1, 0.15) is 55.5 Å². The van der Waals surface area contributed by atoms with Gasteiger partial charge in [-0.1, -0.05) is 33.3 Å². The summed E-state index contributed by atoms with van der Waals surface area (Å²) in [5, 5.41) is 0. The smallest absolute Gasteiger partial charge is 0.276 e. The Morgan fingerprint density at radius 1 is 0.967 bits per heavy atom. The molecule has 0 aliphatic heterocycles. The van der Waals surface area contributed by atoms with Crippen molar-refractivity contribution in [3.05, 3.63) is 56.5 Å². The molecule has 0 saturated carbocycles. The molecule has 6 nitrogen and oxygen atoms in total. The zero-order chi connectivity index (χ0) is 22.1. The Morgan fingerprint density at radius 3 is 2.27 bits per heavy atom. The Kier molecular flexibility index (Phi) is 9.65. The van der Waals surface area contributed by atoms with Crippen LogP contribution in [0.15, 0.2) is 45.3 Å². The van der Waals surface area contributed by atoms with Crippen LogP contribution >= 0.6 is 31.9 Å². The fraction of sp³-hybridized carbons (Fsp3) is 0.364. The van der Waals surface area contributed by atoms with Crippen LogP contribution in [0.5, 0.6) is 11.5 Å². The van der Waals surface area contributed by atoms with Crippen LogP contribution in [0.2, 0.25) is 0 Å². The second-order valence-electron chi connectivity index (χ2n) is 6.98. The zero-order valence-corrected chi connectivity index (χ0v) is 20.4. The Morgan fingerprint density at radius 2 is 1.63 bits per heavy atom. The molecule has 0 aliphatic rings. The highest BCUT2D eigenvalue weighted by molar-refractivity contribution is 9.10. The van der Waals surface area contributed by atoms with Gasteiger partial charge in [0, 0.05) is 5.56 Å². The van der Waals surface area contributed by atoms with Crippen molar-refractivity contribution in [1.82, 2.24) is 10.9 Å². The molecule has 2 rings (SSSR count). The largest absolute Gasteiger partial charge is 0.492 e. The lowest BCUT2D eigenvalue weighted by Gasteiger charge is -2.12. The van der Waals surface area contributed by atoms with Crippen molar-refractivity contribution in [3.63, 3.8) is 0 Å². The molecule has 0 saturated heterocycles.